The molecule has 0 amide bonds. The van der Waals surface area contributed by atoms with Crippen molar-refractivity contribution in [2.45, 2.75) is 18.9 Å². The van der Waals surface area contributed by atoms with Gasteiger partial charge in [-0.2, -0.15) is 0 Å². The molecule has 3 N–H and O–H groups in total. The minimum Gasteiger partial charge on any atom is -0.271 e. The molecule has 2 nitrogen and oxygen atoms in total. The molecule has 0 aliphatic carbocycles. The first-order chi connectivity index (χ1) is 9.20. The predicted octanol–water partition coefficient (Wildman–Crippen LogP) is 3.10. The van der Waals surface area contributed by atoms with Crippen molar-refractivity contribution in [3.8, 4) is 0 Å². The summed E-state index contributed by atoms with van der Waals surface area (Å²) in [6, 6.07) is 12.8. The lowest BCUT2D eigenvalue weighted by Gasteiger charge is -2.17. The van der Waals surface area contributed by atoms with Crippen LogP contribution < -0.4 is 11.3 Å². The minimum atomic E-state index is -0.462. The van der Waals surface area contributed by atoms with E-state index in [0.717, 1.165) is 24.1 Å². The van der Waals surface area contributed by atoms with Crippen molar-refractivity contribution in [3.63, 3.8) is 0 Å². The van der Waals surface area contributed by atoms with Gasteiger partial charge in [0.25, 0.3) is 0 Å². The van der Waals surface area contributed by atoms with E-state index in [4.69, 9.17) is 5.84 Å². The zero-order chi connectivity index (χ0) is 13.7. The first-order valence-corrected chi connectivity index (χ1v) is 6.15. The summed E-state index contributed by atoms with van der Waals surface area (Å²) in [5.41, 5.74) is 3.95. The Balaban J connectivity index is 2.10. The lowest BCUT2D eigenvalue weighted by molar-refractivity contribution is 0.479. The highest BCUT2D eigenvalue weighted by atomic mass is 19.1. The normalized spacial score (nSPS) is 12.4. The third-order valence-electron chi connectivity index (χ3n) is 3.10. The molecule has 2 rings (SSSR count). The van der Waals surface area contributed by atoms with E-state index in [0.29, 0.717) is 6.42 Å². The summed E-state index contributed by atoms with van der Waals surface area (Å²) in [7, 11) is 0. The maximum Gasteiger partial charge on any atom is 0.128 e. The van der Waals surface area contributed by atoms with Gasteiger partial charge in [-0.15, -0.1) is 0 Å². The average molecular weight is 262 g/mol. The second-order valence-electron chi connectivity index (χ2n) is 4.41. The van der Waals surface area contributed by atoms with Gasteiger partial charge < -0.3 is 0 Å². The van der Waals surface area contributed by atoms with E-state index in [1.54, 1.807) is 0 Å². The number of nitrogens with two attached hydrogens (primary N) is 1. The molecule has 19 heavy (non-hydrogen) atoms. The molecule has 0 aromatic heterocycles. The monoisotopic (exact) mass is 262 g/mol. The van der Waals surface area contributed by atoms with E-state index in [1.807, 2.05) is 30.3 Å². The standard InChI is InChI=1S/C15H16F2N2/c16-12-7-8-14(17)13(10-12)15(19-18)9-6-11-4-2-1-3-5-11/h1-5,7-8,10,15,19H,6,9,18H2. The topological polar surface area (TPSA) is 38.0 Å². The first-order valence-electron chi connectivity index (χ1n) is 6.15. The molecular formula is C15H16F2N2. The van der Waals surface area contributed by atoms with Crippen molar-refractivity contribution in [2.75, 3.05) is 0 Å². The lowest BCUT2D eigenvalue weighted by Crippen LogP contribution is -2.29. The number of hydrogen-bond donors (Lipinski definition) is 2. The Morgan fingerprint density at radius 2 is 1.79 bits per heavy atom. The fourth-order valence-electron chi connectivity index (χ4n) is 2.07. The summed E-state index contributed by atoms with van der Waals surface area (Å²) in [5, 5.41) is 0. The van der Waals surface area contributed by atoms with Crippen LogP contribution in [-0.4, -0.2) is 0 Å². The van der Waals surface area contributed by atoms with E-state index in [9.17, 15) is 8.78 Å². The van der Waals surface area contributed by atoms with Crippen molar-refractivity contribution >= 4 is 0 Å². The SMILES string of the molecule is NNC(CCc1ccccc1)c1cc(F)ccc1F. The zero-order valence-electron chi connectivity index (χ0n) is 10.4. The molecule has 0 spiro atoms. The molecule has 100 valence electrons. The third kappa shape index (κ3) is 3.59. The average Bonchev–Trinajstić information content (AvgIpc) is 2.44. The van der Waals surface area contributed by atoms with Gasteiger partial charge in [-0.3, -0.25) is 11.3 Å². The number of hydrazine groups is 1. The maximum atomic E-state index is 13.7. The number of nitrogens with one attached hydrogen (secondary N) is 1. The fraction of sp³-hybridized carbons (Fsp3) is 0.200. The first kappa shape index (κ1) is 13.6. The van der Waals surface area contributed by atoms with Crippen molar-refractivity contribution < 1.29 is 8.78 Å². The van der Waals surface area contributed by atoms with Gasteiger partial charge in [-0.25, -0.2) is 8.78 Å². The lowest BCUT2D eigenvalue weighted by atomic mass is 9.99. The Bertz CT molecular complexity index is 529. The highest BCUT2D eigenvalue weighted by Crippen LogP contribution is 2.22. The van der Waals surface area contributed by atoms with Crippen LogP contribution in [0.2, 0.25) is 0 Å². The summed E-state index contributed by atoms with van der Waals surface area (Å²) in [6.45, 7) is 0. The number of rotatable bonds is 5. The number of halogens is 2. The fourth-order valence-corrected chi connectivity index (χ4v) is 2.07. The van der Waals surface area contributed by atoms with Gasteiger partial charge in [-0.1, -0.05) is 30.3 Å². The molecule has 2 aromatic carbocycles. The van der Waals surface area contributed by atoms with Crippen LogP contribution in [0.3, 0.4) is 0 Å². The molecule has 0 heterocycles. The summed E-state index contributed by atoms with van der Waals surface area (Å²) in [5.74, 6) is 4.54. The summed E-state index contributed by atoms with van der Waals surface area (Å²) < 4.78 is 26.8. The van der Waals surface area contributed by atoms with Gasteiger partial charge in [0.15, 0.2) is 0 Å². The van der Waals surface area contributed by atoms with Gasteiger partial charge in [0, 0.05) is 11.6 Å². The molecule has 0 saturated carbocycles. The molecule has 0 fully saturated rings. The van der Waals surface area contributed by atoms with Gasteiger partial charge in [-0.05, 0) is 36.6 Å². The zero-order valence-corrected chi connectivity index (χ0v) is 10.4. The van der Waals surface area contributed by atoms with Crippen molar-refractivity contribution in [1.29, 1.82) is 0 Å². The van der Waals surface area contributed by atoms with Crippen LogP contribution in [0.4, 0.5) is 8.78 Å². The molecule has 0 aliphatic rings. The molecule has 4 heteroatoms. The van der Waals surface area contributed by atoms with Crippen LogP contribution in [0.1, 0.15) is 23.6 Å². The van der Waals surface area contributed by atoms with E-state index in [-0.39, 0.29) is 5.56 Å². The van der Waals surface area contributed by atoms with Crippen LogP contribution in [0.5, 0.6) is 0 Å². The van der Waals surface area contributed by atoms with Crippen molar-refractivity contribution in [3.05, 3.63) is 71.3 Å². The van der Waals surface area contributed by atoms with Gasteiger partial charge in [0.05, 0.1) is 0 Å². The largest absolute Gasteiger partial charge is 0.271 e. The molecule has 1 atom stereocenters. The predicted molar refractivity (Wildman–Crippen MR) is 71.2 cm³/mol. The molecule has 0 saturated heterocycles. The van der Waals surface area contributed by atoms with Crippen LogP contribution in [0.25, 0.3) is 0 Å². The van der Waals surface area contributed by atoms with Gasteiger partial charge >= 0.3 is 0 Å². The number of benzene rings is 2. The van der Waals surface area contributed by atoms with E-state index in [2.05, 4.69) is 5.43 Å². The molecule has 2 aromatic rings. The van der Waals surface area contributed by atoms with E-state index >= 15 is 0 Å². The quantitative estimate of drug-likeness (QED) is 0.642. The Morgan fingerprint density at radius 1 is 1.05 bits per heavy atom. The molecule has 0 aliphatic heterocycles. The second kappa shape index (κ2) is 6.41. The summed E-state index contributed by atoms with van der Waals surface area (Å²) >= 11 is 0. The van der Waals surface area contributed by atoms with Crippen LogP contribution in [0.15, 0.2) is 48.5 Å². The van der Waals surface area contributed by atoms with E-state index < -0.39 is 17.7 Å². The van der Waals surface area contributed by atoms with Gasteiger partial charge in [0.2, 0.25) is 0 Å². The second-order valence-corrected chi connectivity index (χ2v) is 4.41. The number of hydrogen-bond acceptors (Lipinski definition) is 2. The van der Waals surface area contributed by atoms with E-state index in [1.165, 1.54) is 6.07 Å². The Labute approximate surface area is 111 Å². The summed E-state index contributed by atoms with van der Waals surface area (Å²) in [4.78, 5) is 0. The van der Waals surface area contributed by atoms with Gasteiger partial charge in [0.1, 0.15) is 11.6 Å². The smallest absolute Gasteiger partial charge is 0.128 e. The van der Waals surface area contributed by atoms with Crippen molar-refractivity contribution in [1.82, 2.24) is 5.43 Å². The molecule has 0 radical (unpaired) electrons. The summed E-state index contributed by atoms with van der Waals surface area (Å²) in [6.07, 6.45) is 1.34. The highest BCUT2D eigenvalue weighted by molar-refractivity contribution is 5.23. The molecule has 1 unspecified atom stereocenters. The number of aryl methyl sites for hydroxylation is 1. The van der Waals surface area contributed by atoms with Crippen LogP contribution >= 0.6 is 0 Å². The van der Waals surface area contributed by atoms with Crippen LogP contribution in [0, 0.1) is 11.6 Å². The molecular weight excluding hydrogens is 246 g/mol. The Morgan fingerprint density at radius 3 is 2.47 bits per heavy atom. The highest BCUT2D eigenvalue weighted by Gasteiger charge is 2.15. The van der Waals surface area contributed by atoms with Crippen LogP contribution in [-0.2, 0) is 6.42 Å². The Hall–Kier alpha value is -1.78. The van der Waals surface area contributed by atoms with Crippen molar-refractivity contribution in [2.24, 2.45) is 5.84 Å². The maximum absolute atomic E-state index is 13.7. The third-order valence-corrected chi connectivity index (χ3v) is 3.10. The molecule has 0 bridgehead atoms. The minimum absolute atomic E-state index is 0.262. The Kier molecular flexibility index (Phi) is 4.60.